The highest BCUT2D eigenvalue weighted by Gasteiger charge is 2.28. The predicted molar refractivity (Wildman–Crippen MR) is 101 cm³/mol. The Kier molecular flexibility index (Phi) is 10.7. The van der Waals surface area contributed by atoms with E-state index in [1.54, 1.807) is 26.0 Å². The van der Waals surface area contributed by atoms with Crippen LogP contribution in [0.25, 0.3) is 0 Å². The zero-order chi connectivity index (χ0) is 18.2. The molecule has 0 aromatic heterocycles. The molecule has 0 spiro atoms. The number of carbonyl (C=O) groups is 1. The fourth-order valence-corrected chi connectivity index (χ4v) is 3.39. The monoisotopic (exact) mass is 393 g/mol. The summed E-state index contributed by atoms with van der Waals surface area (Å²) >= 11 is 0. The highest BCUT2D eigenvalue weighted by molar-refractivity contribution is 7.89. The van der Waals surface area contributed by atoms with E-state index < -0.39 is 16.1 Å². The van der Waals surface area contributed by atoms with Crippen LogP contribution in [-0.2, 0) is 14.8 Å². The fourth-order valence-electron chi connectivity index (χ4n) is 2.04. The number of sulfonamides is 1. The van der Waals surface area contributed by atoms with Crippen molar-refractivity contribution in [2.24, 2.45) is 5.92 Å². The number of hydrogen-bond donors (Lipinski definition) is 3. The summed E-state index contributed by atoms with van der Waals surface area (Å²) in [5.74, 6) is 0.0488. The van der Waals surface area contributed by atoms with Gasteiger partial charge in [0.2, 0.25) is 15.9 Å². The van der Waals surface area contributed by atoms with E-state index in [-0.39, 0.29) is 29.1 Å². The van der Waals surface area contributed by atoms with Crippen LogP contribution in [0.2, 0.25) is 0 Å². The Morgan fingerprint density at radius 3 is 2.24 bits per heavy atom. The van der Waals surface area contributed by atoms with Crippen molar-refractivity contribution in [3.63, 3.8) is 0 Å². The maximum Gasteiger partial charge on any atom is 0.241 e. The molecule has 144 valence electrons. The Balaban J connectivity index is 0.00000576. The number of rotatable bonds is 10. The second-order valence-electron chi connectivity index (χ2n) is 5.66. The van der Waals surface area contributed by atoms with Gasteiger partial charge in [-0.3, -0.25) is 4.79 Å². The molecule has 7 nitrogen and oxygen atoms in total. The van der Waals surface area contributed by atoms with Gasteiger partial charge in [0.15, 0.2) is 0 Å². The molecule has 0 saturated carbocycles. The lowest BCUT2D eigenvalue weighted by molar-refractivity contribution is -0.123. The molecule has 0 heterocycles. The van der Waals surface area contributed by atoms with Gasteiger partial charge in [0, 0.05) is 13.1 Å². The molecule has 1 aromatic carbocycles. The Morgan fingerprint density at radius 1 is 1.16 bits per heavy atom. The van der Waals surface area contributed by atoms with Crippen molar-refractivity contribution in [3.8, 4) is 5.75 Å². The highest BCUT2D eigenvalue weighted by Crippen LogP contribution is 2.16. The molecule has 0 bridgehead atoms. The molecule has 0 aliphatic carbocycles. The highest BCUT2D eigenvalue weighted by atomic mass is 35.5. The fraction of sp³-hybridized carbons (Fsp3) is 0.562. The van der Waals surface area contributed by atoms with Crippen LogP contribution in [0.15, 0.2) is 29.2 Å². The molecule has 25 heavy (non-hydrogen) atoms. The molecule has 1 atom stereocenters. The summed E-state index contributed by atoms with van der Waals surface area (Å²) in [4.78, 5) is 12.4. The molecule has 1 aromatic rings. The van der Waals surface area contributed by atoms with E-state index in [9.17, 15) is 13.2 Å². The number of methoxy groups -OCH3 is 1. The molecule has 1 unspecified atom stereocenters. The lowest BCUT2D eigenvalue weighted by atomic mass is 10.1. The van der Waals surface area contributed by atoms with Crippen molar-refractivity contribution >= 4 is 28.3 Å². The van der Waals surface area contributed by atoms with E-state index in [4.69, 9.17) is 4.74 Å². The average Bonchev–Trinajstić information content (AvgIpc) is 2.56. The third kappa shape index (κ3) is 7.60. The van der Waals surface area contributed by atoms with Gasteiger partial charge >= 0.3 is 0 Å². The van der Waals surface area contributed by atoms with Gasteiger partial charge in [-0.25, -0.2) is 8.42 Å². The molecule has 0 radical (unpaired) electrons. The molecule has 0 aliphatic rings. The Labute approximate surface area is 156 Å². The number of nitrogens with one attached hydrogen (secondary N) is 3. The lowest BCUT2D eigenvalue weighted by Crippen LogP contribution is -2.50. The number of benzene rings is 1. The maximum absolute atomic E-state index is 12.5. The van der Waals surface area contributed by atoms with Gasteiger partial charge in [0.25, 0.3) is 0 Å². The lowest BCUT2D eigenvalue weighted by Gasteiger charge is -2.21. The summed E-state index contributed by atoms with van der Waals surface area (Å²) in [6, 6.07) is 5.19. The normalized spacial score (nSPS) is 12.4. The minimum atomic E-state index is -3.79. The molecule has 1 rings (SSSR count). The maximum atomic E-state index is 12.5. The largest absolute Gasteiger partial charge is 0.497 e. The molecule has 9 heteroatoms. The molecule has 0 fully saturated rings. The second kappa shape index (κ2) is 11.3. The van der Waals surface area contributed by atoms with Crippen LogP contribution in [0.4, 0.5) is 0 Å². The first-order valence-corrected chi connectivity index (χ1v) is 9.45. The van der Waals surface area contributed by atoms with Crippen LogP contribution < -0.4 is 20.1 Å². The van der Waals surface area contributed by atoms with Crippen LogP contribution >= 0.6 is 12.4 Å². The summed E-state index contributed by atoms with van der Waals surface area (Å²) in [6.45, 7) is 7.46. The van der Waals surface area contributed by atoms with E-state index in [1.807, 2.05) is 6.92 Å². The average molecular weight is 394 g/mol. The summed E-state index contributed by atoms with van der Waals surface area (Å²) in [5, 5.41) is 5.83. The van der Waals surface area contributed by atoms with Crippen LogP contribution in [0.1, 0.15) is 20.8 Å². The summed E-state index contributed by atoms with van der Waals surface area (Å²) in [6.07, 6.45) is 0. The topological polar surface area (TPSA) is 96.5 Å². The van der Waals surface area contributed by atoms with Crippen molar-refractivity contribution in [1.82, 2.24) is 15.4 Å². The molecule has 0 aliphatic heterocycles. The first-order valence-electron chi connectivity index (χ1n) is 7.96. The zero-order valence-corrected chi connectivity index (χ0v) is 16.7. The van der Waals surface area contributed by atoms with Crippen molar-refractivity contribution in [2.75, 3.05) is 26.7 Å². The van der Waals surface area contributed by atoms with E-state index in [0.29, 0.717) is 18.8 Å². The van der Waals surface area contributed by atoms with Gasteiger partial charge in [0.1, 0.15) is 11.8 Å². The minimum Gasteiger partial charge on any atom is -0.497 e. The number of carbonyl (C=O) groups excluding carboxylic acids is 1. The molecule has 1 amide bonds. The molecular weight excluding hydrogens is 366 g/mol. The van der Waals surface area contributed by atoms with Gasteiger partial charge < -0.3 is 15.4 Å². The van der Waals surface area contributed by atoms with Crippen LogP contribution in [0.5, 0.6) is 5.75 Å². The van der Waals surface area contributed by atoms with Gasteiger partial charge in [-0.05, 0) is 36.7 Å². The van der Waals surface area contributed by atoms with E-state index in [0.717, 1.165) is 6.54 Å². The quantitative estimate of drug-likeness (QED) is 0.518. The molecule has 0 saturated heterocycles. The summed E-state index contributed by atoms with van der Waals surface area (Å²) < 4.78 is 32.5. The Hall–Kier alpha value is -1.35. The summed E-state index contributed by atoms with van der Waals surface area (Å²) in [5.41, 5.74) is 0. The van der Waals surface area contributed by atoms with Crippen molar-refractivity contribution in [2.45, 2.75) is 31.7 Å². The smallest absolute Gasteiger partial charge is 0.241 e. The SMILES string of the molecule is CCNCCNC(=O)C(NS(=O)(=O)c1ccc(OC)cc1)C(C)C.Cl. The first kappa shape index (κ1) is 23.6. The van der Waals surface area contributed by atoms with Gasteiger partial charge in [0.05, 0.1) is 12.0 Å². The second-order valence-corrected chi connectivity index (χ2v) is 7.38. The zero-order valence-electron chi connectivity index (χ0n) is 15.0. The van der Waals surface area contributed by atoms with Crippen LogP contribution in [0, 0.1) is 5.92 Å². The molecular formula is C16H28ClN3O4S. The third-order valence-electron chi connectivity index (χ3n) is 3.45. The predicted octanol–water partition coefficient (Wildman–Crippen LogP) is 1.15. The van der Waals surface area contributed by atoms with Crippen LogP contribution in [0.3, 0.4) is 0 Å². The third-order valence-corrected chi connectivity index (χ3v) is 4.91. The number of halogens is 1. The first-order chi connectivity index (χ1) is 11.3. The van der Waals surface area contributed by atoms with Gasteiger partial charge in [-0.2, -0.15) is 4.72 Å². The Morgan fingerprint density at radius 2 is 1.76 bits per heavy atom. The van der Waals surface area contributed by atoms with Gasteiger partial charge in [-0.1, -0.05) is 20.8 Å². The Bertz CT molecular complexity index is 621. The number of hydrogen-bond acceptors (Lipinski definition) is 5. The van der Waals surface area contributed by atoms with Crippen LogP contribution in [-0.4, -0.2) is 47.1 Å². The standard InChI is InChI=1S/C16H27N3O4S.ClH/c1-5-17-10-11-18-16(20)15(12(2)3)19-24(21,22)14-8-6-13(23-4)7-9-14;/h6-9,12,15,17,19H,5,10-11H2,1-4H3,(H,18,20);1H. The molecule has 3 N–H and O–H groups in total. The number of likely N-dealkylation sites (N-methyl/N-ethyl adjacent to an activating group) is 1. The van der Waals surface area contributed by atoms with Crippen molar-refractivity contribution < 1.29 is 17.9 Å². The van der Waals surface area contributed by atoms with Gasteiger partial charge in [-0.15, -0.1) is 12.4 Å². The van der Waals surface area contributed by atoms with E-state index >= 15 is 0 Å². The van der Waals surface area contributed by atoms with Crippen molar-refractivity contribution in [1.29, 1.82) is 0 Å². The number of ether oxygens (including phenoxy) is 1. The summed E-state index contributed by atoms with van der Waals surface area (Å²) in [7, 11) is -2.28. The van der Waals surface area contributed by atoms with E-state index in [1.165, 1.54) is 19.2 Å². The minimum absolute atomic E-state index is 0. The van der Waals surface area contributed by atoms with E-state index in [2.05, 4.69) is 15.4 Å². The van der Waals surface area contributed by atoms with Crippen molar-refractivity contribution in [3.05, 3.63) is 24.3 Å². The number of amides is 1.